The standard InChI is InChI=1S/C18H13N2O/c1-2-6-14(7-3-1)15-10-12-20(13-11-15)18-19-16-8-4-5-9-17(16)21-18/h1-13H/q+1. The summed E-state index contributed by atoms with van der Waals surface area (Å²) in [6, 6.07) is 22.8. The Balaban J connectivity index is 1.73. The van der Waals surface area contributed by atoms with Gasteiger partial charge in [0.25, 0.3) is 0 Å². The smallest absolute Gasteiger partial charge is 0.384 e. The van der Waals surface area contributed by atoms with E-state index < -0.39 is 0 Å². The second-order valence-corrected chi connectivity index (χ2v) is 4.82. The molecule has 3 nitrogen and oxygen atoms in total. The highest BCUT2D eigenvalue weighted by molar-refractivity contribution is 5.72. The van der Waals surface area contributed by atoms with E-state index in [1.54, 1.807) is 0 Å². The SMILES string of the molecule is c1ccc(-c2cc[n+](-c3nc4ccccc4o3)cc2)cc1. The Bertz CT molecular complexity index is 847. The maximum atomic E-state index is 5.75. The molecule has 0 radical (unpaired) electrons. The van der Waals surface area contributed by atoms with Gasteiger partial charge >= 0.3 is 6.01 Å². The van der Waals surface area contributed by atoms with Crippen LogP contribution in [0.1, 0.15) is 0 Å². The number of hydrogen-bond donors (Lipinski definition) is 0. The quantitative estimate of drug-likeness (QED) is 0.520. The molecule has 2 aromatic heterocycles. The van der Waals surface area contributed by atoms with Crippen molar-refractivity contribution >= 4 is 11.1 Å². The van der Waals surface area contributed by atoms with Crippen molar-refractivity contribution in [3.8, 4) is 17.1 Å². The molecule has 0 atom stereocenters. The van der Waals surface area contributed by atoms with Crippen LogP contribution >= 0.6 is 0 Å². The Labute approximate surface area is 122 Å². The van der Waals surface area contributed by atoms with Crippen molar-refractivity contribution in [2.75, 3.05) is 0 Å². The number of para-hydroxylation sites is 2. The summed E-state index contributed by atoms with van der Waals surface area (Å²) in [6.45, 7) is 0. The van der Waals surface area contributed by atoms with E-state index in [0.717, 1.165) is 11.1 Å². The largest absolute Gasteiger partial charge is 0.509 e. The molecular formula is C18H13N2O+. The summed E-state index contributed by atoms with van der Waals surface area (Å²) in [4.78, 5) is 4.48. The molecule has 3 heteroatoms. The first kappa shape index (κ1) is 11.9. The van der Waals surface area contributed by atoms with E-state index >= 15 is 0 Å². The molecule has 4 aromatic rings. The van der Waals surface area contributed by atoms with Crippen LogP contribution in [-0.2, 0) is 0 Å². The van der Waals surface area contributed by atoms with Gasteiger partial charge in [-0.05, 0) is 35.4 Å². The van der Waals surface area contributed by atoms with E-state index in [4.69, 9.17) is 4.42 Å². The van der Waals surface area contributed by atoms with Gasteiger partial charge in [-0.1, -0.05) is 42.5 Å². The van der Waals surface area contributed by atoms with E-state index in [1.807, 2.05) is 59.4 Å². The molecule has 21 heavy (non-hydrogen) atoms. The van der Waals surface area contributed by atoms with Gasteiger partial charge in [0.1, 0.15) is 12.4 Å². The van der Waals surface area contributed by atoms with Gasteiger partial charge in [-0.2, -0.15) is 4.57 Å². The minimum absolute atomic E-state index is 0.579. The third-order valence-electron chi connectivity index (χ3n) is 3.44. The van der Waals surface area contributed by atoms with Gasteiger partial charge in [0, 0.05) is 4.98 Å². The molecule has 0 spiro atoms. The first-order chi connectivity index (χ1) is 10.4. The first-order valence-corrected chi connectivity index (χ1v) is 6.83. The van der Waals surface area contributed by atoms with Gasteiger partial charge in [0.05, 0.1) is 0 Å². The molecule has 0 fully saturated rings. The van der Waals surface area contributed by atoms with Crippen LogP contribution in [0.25, 0.3) is 28.2 Å². The van der Waals surface area contributed by atoms with E-state index in [2.05, 4.69) is 29.2 Å². The Morgan fingerprint density at radius 1 is 0.714 bits per heavy atom. The maximum absolute atomic E-state index is 5.75. The Morgan fingerprint density at radius 2 is 1.38 bits per heavy atom. The van der Waals surface area contributed by atoms with E-state index in [0.29, 0.717) is 6.01 Å². The summed E-state index contributed by atoms with van der Waals surface area (Å²) in [5.41, 5.74) is 4.03. The topological polar surface area (TPSA) is 29.9 Å². The second kappa shape index (κ2) is 4.87. The molecule has 2 heterocycles. The zero-order valence-corrected chi connectivity index (χ0v) is 11.3. The summed E-state index contributed by atoms with van der Waals surface area (Å²) < 4.78 is 7.63. The van der Waals surface area contributed by atoms with E-state index in [9.17, 15) is 0 Å². The lowest BCUT2D eigenvalue weighted by atomic mass is 10.1. The van der Waals surface area contributed by atoms with Crippen molar-refractivity contribution < 1.29 is 8.98 Å². The molecule has 0 aliphatic carbocycles. The highest BCUT2D eigenvalue weighted by Crippen LogP contribution is 2.18. The normalized spacial score (nSPS) is 10.9. The Kier molecular flexibility index (Phi) is 2.75. The van der Waals surface area contributed by atoms with Crippen molar-refractivity contribution in [1.82, 2.24) is 4.98 Å². The van der Waals surface area contributed by atoms with Gasteiger partial charge in [0.2, 0.25) is 5.52 Å². The lowest BCUT2D eigenvalue weighted by molar-refractivity contribution is -0.612. The summed E-state index contributed by atoms with van der Waals surface area (Å²) in [6.07, 6.45) is 3.93. The molecule has 0 amide bonds. The van der Waals surface area contributed by atoms with Gasteiger partial charge in [0.15, 0.2) is 5.58 Å². The number of benzene rings is 2. The van der Waals surface area contributed by atoms with Crippen LogP contribution in [-0.4, -0.2) is 4.98 Å². The van der Waals surface area contributed by atoms with Crippen molar-refractivity contribution in [2.24, 2.45) is 0 Å². The number of fused-ring (bicyclic) bond motifs is 1. The molecule has 100 valence electrons. The number of rotatable bonds is 2. The molecule has 4 rings (SSSR count). The highest BCUT2D eigenvalue weighted by atomic mass is 16.4. The number of aromatic nitrogens is 2. The molecule has 0 saturated heterocycles. The number of hydrogen-bond acceptors (Lipinski definition) is 2. The number of oxazole rings is 1. The number of nitrogens with zero attached hydrogens (tertiary/aromatic N) is 2. The molecule has 2 aromatic carbocycles. The fourth-order valence-corrected chi connectivity index (χ4v) is 2.35. The van der Waals surface area contributed by atoms with Gasteiger partial charge in [-0.25, -0.2) is 0 Å². The van der Waals surface area contributed by atoms with Crippen molar-refractivity contribution in [3.05, 3.63) is 79.1 Å². The third-order valence-corrected chi connectivity index (χ3v) is 3.44. The van der Waals surface area contributed by atoms with Crippen molar-refractivity contribution in [3.63, 3.8) is 0 Å². The van der Waals surface area contributed by atoms with Crippen LogP contribution in [0.15, 0.2) is 83.5 Å². The van der Waals surface area contributed by atoms with Crippen LogP contribution in [0.4, 0.5) is 0 Å². The van der Waals surface area contributed by atoms with Crippen molar-refractivity contribution in [2.45, 2.75) is 0 Å². The third kappa shape index (κ3) is 2.19. The van der Waals surface area contributed by atoms with Crippen molar-refractivity contribution in [1.29, 1.82) is 0 Å². The number of pyridine rings is 1. The molecule has 0 N–H and O–H groups in total. The lowest BCUT2D eigenvalue weighted by Gasteiger charge is -2.00. The van der Waals surface area contributed by atoms with Gasteiger partial charge in [-0.3, -0.25) is 0 Å². The molecular weight excluding hydrogens is 260 g/mol. The second-order valence-electron chi connectivity index (χ2n) is 4.82. The summed E-state index contributed by atoms with van der Waals surface area (Å²) >= 11 is 0. The molecule has 0 saturated carbocycles. The summed E-state index contributed by atoms with van der Waals surface area (Å²) in [5, 5.41) is 0. The summed E-state index contributed by atoms with van der Waals surface area (Å²) in [7, 11) is 0. The molecule has 0 aliphatic heterocycles. The molecule has 0 aliphatic rings. The average molecular weight is 273 g/mol. The van der Waals surface area contributed by atoms with Crippen LogP contribution in [0.3, 0.4) is 0 Å². The molecule has 0 unspecified atom stereocenters. The first-order valence-electron chi connectivity index (χ1n) is 6.83. The van der Waals surface area contributed by atoms with Crippen LogP contribution in [0.5, 0.6) is 0 Å². The predicted molar refractivity (Wildman–Crippen MR) is 81.0 cm³/mol. The zero-order chi connectivity index (χ0) is 14.1. The van der Waals surface area contributed by atoms with Gasteiger partial charge in [-0.15, -0.1) is 0 Å². The summed E-state index contributed by atoms with van der Waals surface area (Å²) in [5.74, 6) is 0. The zero-order valence-electron chi connectivity index (χ0n) is 11.3. The van der Waals surface area contributed by atoms with Gasteiger partial charge < -0.3 is 4.42 Å². The highest BCUT2D eigenvalue weighted by Gasteiger charge is 2.16. The minimum Gasteiger partial charge on any atom is -0.384 e. The Morgan fingerprint density at radius 3 is 2.14 bits per heavy atom. The van der Waals surface area contributed by atoms with E-state index in [1.165, 1.54) is 11.1 Å². The van der Waals surface area contributed by atoms with E-state index in [-0.39, 0.29) is 0 Å². The Hall–Kier alpha value is -2.94. The van der Waals surface area contributed by atoms with Crippen LogP contribution in [0.2, 0.25) is 0 Å². The maximum Gasteiger partial charge on any atom is 0.509 e. The lowest BCUT2D eigenvalue weighted by Crippen LogP contribution is -2.29. The molecule has 0 bridgehead atoms. The van der Waals surface area contributed by atoms with Crippen LogP contribution < -0.4 is 4.57 Å². The van der Waals surface area contributed by atoms with Crippen LogP contribution in [0, 0.1) is 0 Å². The predicted octanol–water partition coefficient (Wildman–Crippen LogP) is 3.77. The average Bonchev–Trinajstić information content (AvgIpc) is 3.00. The fourth-order valence-electron chi connectivity index (χ4n) is 2.35. The fraction of sp³-hybridized carbons (Fsp3) is 0. The monoisotopic (exact) mass is 273 g/mol. The minimum atomic E-state index is 0.579.